The Labute approximate surface area is 120 Å². The van der Waals surface area contributed by atoms with Crippen LogP contribution in [-0.2, 0) is 0 Å². The van der Waals surface area contributed by atoms with Crippen molar-refractivity contribution in [3.05, 3.63) is 56.8 Å². The molecule has 1 N–H and O–H groups in total. The number of hydrogen-bond acceptors (Lipinski definition) is 2. The van der Waals surface area contributed by atoms with E-state index in [0.717, 1.165) is 0 Å². The van der Waals surface area contributed by atoms with Crippen molar-refractivity contribution >= 4 is 11.3 Å². The lowest BCUT2D eigenvalue weighted by molar-refractivity contribution is 0.494. The normalized spacial score (nSPS) is 14.4. The summed E-state index contributed by atoms with van der Waals surface area (Å²) in [6, 6.07) is 11.9. The molecule has 0 bridgehead atoms. The van der Waals surface area contributed by atoms with Crippen molar-refractivity contribution in [2.45, 2.75) is 46.7 Å². The van der Waals surface area contributed by atoms with Crippen LogP contribution in [0.5, 0.6) is 0 Å². The number of aryl methyl sites for hydroxylation is 3. The third-order valence-electron chi connectivity index (χ3n) is 3.62. The van der Waals surface area contributed by atoms with E-state index in [-0.39, 0.29) is 0 Å². The maximum atomic E-state index is 3.69. The van der Waals surface area contributed by atoms with E-state index in [9.17, 15) is 0 Å². The Kier molecular flexibility index (Phi) is 4.43. The summed E-state index contributed by atoms with van der Waals surface area (Å²) in [7, 11) is 0. The Morgan fingerprint density at radius 2 is 1.58 bits per heavy atom. The lowest BCUT2D eigenvalue weighted by atomic mass is 10.0. The van der Waals surface area contributed by atoms with Crippen LogP contribution >= 0.6 is 11.3 Å². The predicted molar refractivity (Wildman–Crippen MR) is 84.9 cm³/mol. The van der Waals surface area contributed by atoms with Gasteiger partial charge in [0.1, 0.15) is 0 Å². The highest BCUT2D eigenvalue weighted by molar-refractivity contribution is 7.12. The summed E-state index contributed by atoms with van der Waals surface area (Å²) in [6.07, 6.45) is 0. The van der Waals surface area contributed by atoms with Crippen LogP contribution in [0.15, 0.2) is 30.3 Å². The van der Waals surface area contributed by atoms with Gasteiger partial charge in [0.05, 0.1) is 0 Å². The minimum absolute atomic E-state index is 0.371. The van der Waals surface area contributed by atoms with Crippen molar-refractivity contribution in [3.8, 4) is 0 Å². The topological polar surface area (TPSA) is 12.0 Å². The molecule has 1 heterocycles. The summed E-state index contributed by atoms with van der Waals surface area (Å²) in [5.74, 6) is 0. The Morgan fingerprint density at radius 1 is 0.947 bits per heavy atom. The van der Waals surface area contributed by atoms with Crippen LogP contribution in [0.2, 0.25) is 0 Å². The number of hydrogen-bond donors (Lipinski definition) is 1. The molecule has 1 nitrogen and oxygen atoms in total. The van der Waals surface area contributed by atoms with Gasteiger partial charge in [0.2, 0.25) is 0 Å². The maximum Gasteiger partial charge on any atom is 0.0308 e. The molecule has 102 valence electrons. The molecule has 2 rings (SSSR count). The van der Waals surface area contributed by atoms with E-state index < -0.39 is 0 Å². The van der Waals surface area contributed by atoms with Crippen molar-refractivity contribution < 1.29 is 0 Å². The summed E-state index contributed by atoms with van der Waals surface area (Å²) in [5.41, 5.74) is 4.09. The van der Waals surface area contributed by atoms with Gasteiger partial charge in [-0.3, -0.25) is 0 Å². The maximum absolute atomic E-state index is 3.69. The van der Waals surface area contributed by atoms with E-state index in [4.69, 9.17) is 0 Å². The van der Waals surface area contributed by atoms with E-state index in [0.29, 0.717) is 12.1 Å². The summed E-state index contributed by atoms with van der Waals surface area (Å²) >= 11 is 1.88. The number of thiophene rings is 1. The smallest absolute Gasteiger partial charge is 0.0308 e. The van der Waals surface area contributed by atoms with Crippen LogP contribution in [0.1, 0.15) is 52.4 Å². The molecule has 1 aromatic carbocycles. The largest absolute Gasteiger partial charge is 0.304 e. The van der Waals surface area contributed by atoms with Crippen LogP contribution < -0.4 is 5.32 Å². The molecule has 0 spiro atoms. The van der Waals surface area contributed by atoms with Gasteiger partial charge in [0.25, 0.3) is 0 Å². The Balaban J connectivity index is 2.08. The molecule has 0 saturated heterocycles. The van der Waals surface area contributed by atoms with E-state index in [2.05, 4.69) is 70.3 Å². The molecule has 19 heavy (non-hydrogen) atoms. The van der Waals surface area contributed by atoms with Crippen molar-refractivity contribution in [1.29, 1.82) is 0 Å². The average Bonchev–Trinajstić information content (AvgIpc) is 2.69. The lowest BCUT2D eigenvalue weighted by Gasteiger charge is -2.20. The van der Waals surface area contributed by atoms with Gasteiger partial charge in [-0.1, -0.05) is 29.8 Å². The van der Waals surface area contributed by atoms with E-state index >= 15 is 0 Å². The first-order chi connectivity index (χ1) is 8.97. The zero-order valence-electron chi connectivity index (χ0n) is 12.4. The molecule has 0 fully saturated rings. The second-order valence-corrected chi connectivity index (χ2v) is 6.85. The number of nitrogens with one attached hydrogen (secondary N) is 1. The van der Waals surface area contributed by atoms with E-state index in [1.165, 1.54) is 26.4 Å². The second kappa shape index (κ2) is 5.89. The first kappa shape index (κ1) is 14.3. The zero-order chi connectivity index (χ0) is 14.0. The summed E-state index contributed by atoms with van der Waals surface area (Å²) in [4.78, 5) is 2.82. The third-order valence-corrected chi connectivity index (χ3v) is 4.60. The first-order valence-corrected chi connectivity index (χ1v) is 7.68. The fraction of sp³-hybridized carbons (Fsp3) is 0.412. The van der Waals surface area contributed by atoms with Gasteiger partial charge in [0, 0.05) is 21.8 Å². The lowest BCUT2D eigenvalue weighted by Crippen LogP contribution is -2.22. The SMILES string of the molecule is Cc1ccc([C@H](C)NC(C)c2cc(C)sc2C)cc1. The first-order valence-electron chi connectivity index (χ1n) is 6.87. The van der Waals surface area contributed by atoms with Gasteiger partial charge >= 0.3 is 0 Å². The summed E-state index contributed by atoms with van der Waals surface area (Å²) < 4.78 is 0. The molecular formula is C17H23NS. The summed E-state index contributed by atoms with van der Waals surface area (Å²) in [6.45, 7) is 11.0. The minimum Gasteiger partial charge on any atom is -0.304 e. The minimum atomic E-state index is 0.371. The fourth-order valence-corrected chi connectivity index (χ4v) is 3.52. The monoisotopic (exact) mass is 273 g/mol. The van der Waals surface area contributed by atoms with Gasteiger partial charge in [-0.15, -0.1) is 11.3 Å². The highest BCUT2D eigenvalue weighted by Crippen LogP contribution is 2.28. The van der Waals surface area contributed by atoms with Crippen LogP contribution in [0, 0.1) is 20.8 Å². The molecule has 0 saturated carbocycles. The van der Waals surface area contributed by atoms with E-state index in [1.807, 2.05) is 11.3 Å². The molecule has 1 aromatic heterocycles. The third kappa shape index (κ3) is 3.46. The molecule has 2 aromatic rings. The van der Waals surface area contributed by atoms with Gasteiger partial charge in [-0.25, -0.2) is 0 Å². The standard InChI is InChI=1S/C17H23NS/c1-11-6-8-16(9-7-11)13(3)18-14(4)17-10-12(2)19-15(17)5/h6-10,13-14,18H,1-5H3/t13-,14?/m0/s1. The molecule has 1 unspecified atom stereocenters. The zero-order valence-corrected chi connectivity index (χ0v) is 13.3. The van der Waals surface area contributed by atoms with Crippen LogP contribution in [0.3, 0.4) is 0 Å². The molecule has 0 aliphatic carbocycles. The quantitative estimate of drug-likeness (QED) is 0.818. The predicted octanol–water partition coefficient (Wildman–Crippen LogP) is 5.09. The molecule has 0 aliphatic heterocycles. The van der Waals surface area contributed by atoms with Crippen LogP contribution in [-0.4, -0.2) is 0 Å². The molecular weight excluding hydrogens is 250 g/mol. The van der Waals surface area contributed by atoms with Crippen LogP contribution in [0.4, 0.5) is 0 Å². The summed E-state index contributed by atoms with van der Waals surface area (Å²) in [5, 5.41) is 3.69. The van der Waals surface area contributed by atoms with Crippen LogP contribution in [0.25, 0.3) is 0 Å². The Bertz CT molecular complexity index is 539. The highest BCUT2D eigenvalue weighted by atomic mass is 32.1. The van der Waals surface area contributed by atoms with Gasteiger partial charge < -0.3 is 5.32 Å². The fourth-order valence-electron chi connectivity index (χ4n) is 2.50. The molecule has 0 radical (unpaired) electrons. The van der Waals surface area contributed by atoms with Gasteiger partial charge in [0.15, 0.2) is 0 Å². The van der Waals surface area contributed by atoms with Crippen molar-refractivity contribution in [3.63, 3.8) is 0 Å². The highest BCUT2D eigenvalue weighted by Gasteiger charge is 2.14. The molecule has 2 heteroatoms. The molecule has 0 amide bonds. The van der Waals surface area contributed by atoms with Crippen molar-refractivity contribution in [2.75, 3.05) is 0 Å². The molecule has 0 aliphatic rings. The van der Waals surface area contributed by atoms with Gasteiger partial charge in [-0.2, -0.15) is 0 Å². The number of rotatable bonds is 4. The Morgan fingerprint density at radius 3 is 2.11 bits per heavy atom. The Hall–Kier alpha value is -1.12. The van der Waals surface area contributed by atoms with Crippen molar-refractivity contribution in [1.82, 2.24) is 5.32 Å². The van der Waals surface area contributed by atoms with Gasteiger partial charge in [-0.05, 0) is 51.8 Å². The van der Waals surface area contributed by atoms with Crippen molar-refractivity contribution in [2.24, 2.45) is 0 Å². The van der Waals surface area contributed by atoms with E-state index in [1.54, 1.807) is 0 Å². The molecule has 2 atom stereocenters. The number of benzene rings is 1. The second-order valence-electron chi connectivity index (χ2n) is 5.39. The average molecular weight is 273 g/mol.